The Kier molecular flexibility index (Phi) is 4.44. The van der Waals surface area contributed by atoms with Crippen LogP contribution in [0.5, 0.6) is 0 Å². The van der Waals surface area contributed by atoms with Crippen molar-refractivity contribution in [2.24, 2.45) is 0 Å². The lowest BCUT2D eigenvalue weighted by atomic mass is 10.2. The molecule has 0 spiro atoms. The highest BCUT2D eigenvalue weighted by atomic mass is 16.5. The Morgan fingerprint density at radius 2 is 2.12 bits per heavy atom. The molecule has 16 heavy (non-hydrogen) atoms. The first-order valence-corrected chi connectivity index (χ1v) is 4.90. The molecule has 0 aliphatic carbocycles. The fourth-order valence-corrected chi connectivity index (χ4v) is 1.05. The Hall–Kier alpha value is -1.91. The van der Waals surface area contributed by atoms with Crippen molar-refractivity contribution >= 4 is 11.9 Å². The van der Waals surface area contributed by atoms with Gasteiger partial charge in [-0.05, 0) is 18.6 Å². The van der Waals surface area contributed by atoms with Crippen molar-refractivity contribution in [3.8, 4) is 0 Å². The summed E-state index contributed by atoms with van der Waals surface area (Å²) in [6.45, 7) is 2.26. The molecule has 0 aliphatic rings. The Balaban J connectivity index is 2.81. The second kappa shape index (κ2) is 5.85. The maximum Gasteiger partial charge on any atom is 0.356 e. The third kappa shape index (κ3) is 3.05. The smallest absolute Gasteiger partial charge is 0.356 e. The molecule has 5 nitrogen and oxygen atoms in total. The van der Waals surface area contributed by atoms with Gasteiger partial charge in [0.15, 0.2) is 0 Å². The number of hydrogen-bond donors (Lipinski definition) is 0. The van der Waals surface area contributed by atoms with Gasteiger partial charge >= 0.3 is 11.9 Å². The standard InChI is InChI=1S/C11H13NO4/c1-3-6-16-10(13)8-4-5-12-9(7-8)11(14)15-2/h4-5,7H,3,6H2,1-2H3. The lowest BCUT2D eigenvalue weighted by Gasteiger charge is -2.03. The summed E-state index contributed by atoms with van der Waals surface area (Å²) in [5.41, 5.74) is 0.386. The number of hydrogen-bond acceptors (Lipinski definition) is 5. The number of rotatable bonds is 4. The van der Waals surface area contributed by atoms with Crippen LogP contribution in [0.15, 0.2) is 18.3 Å². The average Bonchev–Trinajstić information content (AvgIpc) is 2.35. The van der Waals surface area contributed by atoms with Gasteiger partial charge in [0.05, 0.1) is 19.3 Å². The second-order valence-corrected chi connectivity index (χ2v) is 3.06. The van der Waals surface area contributed by atoms with Crippen molar-refractivity contribution < 1.29 is 19.1 Å². The van der Waals surface area contributed by atoms with E-state index in [-0.39, 0.29) is 5.69 Å². The third-order valence-corrected chi connectivity index (χ3v) is 1.83. The van der Waals surface area contributed by atoms with E-state index in [1.807, 2.05) is 6.92 Å². The minimum Gasteiger partial charge on any atom is -0.464 e. The fraction of sp³-hybridized carbons (Fsp3) is 0.364. The largest absolute Gasteiger partial charge is 0.464 e. The molecule has 5 heteroatoms. The first-order valence-electron chi connectivity index (χ1n) is 4.90. The summed E-state index contributed by atoms with van der Waals surface area (Å²) in [5, 5.41) is 0. The molecule has 1 aromatic rings. The van der Waals surface area contributed by atoms with Crippen molar-refractivity contribution in [2.45, 2.75) is 13.3 Å². The van der Waals surface area contributed by atoms with Crippen LogP contribution in [0.25, 0.3) is 0 Å². The first-order chi connectivity index (χ1) is 7.69. The van der Waals surface area contributed by atoms with Gasteiger partial charge in [-0.25, -0.2) is 14.6 Å². The number of carbonyl (C=O) groups excluding carboxylic acids is 2. The van der Waals surface area contributed by atoms with Crippen molar-refractivity contribution in [3.63, 3.8) is 0 Å². The first kappa shape index (κ1) is 12.2. The molecular weight excluding hydrogens is 210 g/mol. The SMILES string of the molecule is CCCOC(=O)c1ccnc(C(=O)OC)c1. The van der Waals surface area contributed by atoms with E-state index < -0.39 is 11.9 Å². The number of carbonyl (C=O) groups is 2. The van der Waals surface area contributed by atoms with E-state index in [1.54, 1.807) is 0 Å². The van der Waals surface area contributed by atoms with Crippen LogP contribution in [0.1, 0.15) is 34.2 Å². The van der Waals surface area contributed by atoms with Gasteiger partial charge in [0.25, 0.3) is 0 Å². The number of methoxy groups -OCH3 is 1. The summed E-state index contributed by atoms with van der Waals surface area (Å²) >= 11 is 0. The van der Waals surface area contributed by atoms with Crippen LogP contribution in [0, 0.1) is 0 Å². The molecule has 0 saturated carbocycles. The zero-order valence-corrected chi connectivity index (χ0v) is 9.23. The number of aromatic nitrogens is 1. The summed E-state index contributed by atoms with van der Waals surface area (Å²) in [6.07, 6.45) is 2.12. The lowest BCUT2D eigenvalue weighted by molar-refractivity contribution is 0.0505. The van der Waals surface area contributed by atoms with Gasteiger partial charge in [0, 0.05) is 6.20 Å². The zero-order valence-electron chi connectivity index (χ0n) is 9.23. The van der Waals surface area contributed by atoms with E-state index in [4.69, 9.17) is 4.74 Å². The van der Waals surface area contributed by atoms with E-state index in [0.717, 1.165) is 6.42 Å². The van der Waals surface area contributed by atoms with Gasteiger partial charge < -0.3 is 9.47 Å². The molecule has 86 valence electrons. The summed E-state index contributed by atoms with van der Waals surface area (Å²) in [4.78, 5) is 26.4. The minimum absolute atomic E-state index is 0.0912. The lowest BCUT2D eigenvalue weighted by Crippen LogP contribution is -2.09. The number of nitrogens with zero attached hydrogens (tertiary/aromatic N) is 1. The van der Waals surface area contributed by atoms with Crippen LogP contribution in [-0.2, 0) is 9.47 Å². The van der Waals surface area contributed by atoms with Crippen LogP contribution in [-0.4, -0.2) is 30.6 Å². The summed E-state index contributed by atoms with van der Waals surface area (Å²) in [7, 11) is 1.26. The van der Waals surface area contributed by atoms with E-state index in [9.17, 15) is 9.59 Å². The number of ether oxygens (including phenoxy) is 2. The highest BCUT2D eigenvalue weighted by Gasteiger charge is 2.12. The van der Waals surface area contributed by atoms with Crippen molar-refractivity contribution in [1.82, 2.24) is 4.98 Å². The average molecular weight is 223 g/mol. The van der Waals surface area contributed by atoms with Crippen LogP contribution in [0.4, 0.5) is 0 Å². The molecule has 1 heterocycles. The van der Waals surface area contributed by atoms with Gasteiger partial charge in [0.1, 0.15) is 5.69 Å². The Labute approximate surface area is 93.4 Å². The summed E-state index contributed by atoms with van der Waals surface area (Å²) < 4.78 is 9.43. The molecule has 0 unspecified atom stereocenters. The topological polar surface area (TPSA) is 65.5 Å². The monoisotopic (exact) mass is 223 g/mol. The number of pyridine rings is 1. The third-order valence-electron chi connectivity index (χ3n) is 1.83. The minimum atomic E-state index is -0.579. The van der Waals surface area contributed by atoms with Crippen molar-refractivity contribution in [3.05, 3.63) is 29.6 Å². The molecule has 0 fully saturated rings. The fourth-order valence-electron chi connectivity index (χ4n) is 1.05. The van der Waals surface area contributed by atoms with Gasteiger partial charge in [-0.15, -0.1) is 0 Å². The van der Waals surface area contributed by atoms with E-state index in [1.165, 1.54) is 25.4 Å². The molecule has 1 aromatic heterocycles. The van der Waals surface area contributed by atoms with Crippen molar-refractivity contribution in [1.29, 1.82) is 0 Å². The van der Waals surface area contributed by atoms with E-state index in [2.05, 4.69) is 9.72 Å². The molecular formula is C11H13NO4. The van der Waals surface area contributed by atoms with Gasteiger partial charge in [0.2, 0.25) is 0 Å². The van der Waals surface area contributed by atoms with Gasteiger partial charge in [-0.2, -0.15) is 0 Å². The maximum atomic E-state index is 11.5. The van der Waals surface area contributed by atoms with Crippen LogP contribution < -0.4 is 0 Å². The van der Waals surface area contributed by atoms with Gasteiger partial charge in [-0.3, -0.25) is 0 Å². The molecule has 0 bridgehead atoms. The maximum absolute atomic E-state index is 11.5. The molecule has 0 atom stereocenters. The van der Waals surface area contributed by atoms with E-state index in [0.29, 0.717) is 12.2 Å². The Bertz CT molecular complexity index is 389. The molecule has 0 saturated heterocycles. The van der Waals surface area contributed by atoms with Crippen LogP contribution >= 0.6 is 0 Å². The Morgan fingerprint density at radius 1 is 1.38 bits per heavy atom. The molecule has 1 rings (SSSR count). The molecule has 0 N–H and O–H groups in total. The quantitative estimate of drug-likeness (QED) is 0.722. The highest BCUT2D eigenvalue weighted by molar-refractivity contribution is 5.93. The molecule has 0 radical (unpaired) electrons. The predicted octanol–water partition coefficient (Wildman–Crippen LogP) is 1.44. The predicted molar refractivity (Wildman–Crippen MR) is 56.2 cm³/mol. The molecule has 0 aromatic carbocycles. The van der Waals surface area contributed by atoms with Gasteiger partial charge in [-0.1, -0.05) is 6.92 Å². The normalized spacial score (nSPS) is 9.62. The van der Waals surface area contributed by atoms with E-state index >= 15 is 0 Å². The van der Waals surface area contributed by atoms with Crippen LogP contribution in [0.3, 0.4) is 0 Å². The van der Waals surface area contributed by atoms with Crippen LogP contribution in [0.2, 0.25) is 0 Å². The van der Waals surface area contributed by atoms with Crippen molar-refractivity contribution in [2.75, 3.05) is 13.7 Å². The second-order valence-electron chi connectivity index (χ2n) is 3.06. The number of esters is 2. The zero-order chi connectivity index (χ0) is 12.0. The molecule has 0 aliphatic heterocycles. The summed E-state index contributed by atoms with van der Waals surface area (Å²) in [5.74, 6) is -1.04. The summed E-state index contributed by atoms with van der Waals surface area (Å²) in [6, 6.07) is 2.84. The highest BCUT2D eigenvalue weighted by Crippen LogP contribution is 2.05. The molecule has 0 amide bonds. The Morgan fingerprint density at radius 3 is 2.75 bits per heavy atom.